The second-order valence-corrected chi connectivity index (χ2v) is 10.8. The fourth-order valence-corrected chi connectivity index (χ4v) is 5.63. The Morgan fingerprint density at radius 3 is 2.41 bits per heavy atom. The number of rotatable bonds is 4. The quantitative estimate of drug-likeness (QED) is 0.391. The monoisotopic (exact) mass is 496 g/mol. The minimum Gasteiger partial charge on any atom is -0.325 e. The molecule has 2 aliphatic rings. The average Bonchev–Trinajstić information content (AvgIpc) is 3.05. The molecule has 2 aromatic carbocycles. The zero-order valence-corrected chi connectivity index (χ0v) is 20.8. The van der Waals surface area contributed by atoms with Crippen molar-refractivity contribution in [3.8, 4) is 0 Å². The highest BCUT2D eigenvalue weighted by Gasteiger charge is 2.71. The molecule has 1 amide bonds. The first-order valence-electron chi connectivity index (χ1n) is 10.9. The summed E-state index contributed by atoms with van der Waals surface area (Å²) in [4.78, 5) is 31.5. The Kier molecular flexibility index (Phi) is 5.56. The van der Waals surface area contributed by atoms with Crippen molar-refractivity contribution in [2.24, 2.45) is 21.4 Å². The molecule has 0 aromatic heterocycles. The summed E-state index contributed by atoms with van der Waals surface area (Å²) in [6, 6.07) is 13.0. The van der Waals surface area contributed by atoms with Crippen molar-refractivity contribution in [1.82, 2.24) is 0 Å². The highest BCUT2D eigenvalue weighted by Crippen LogP contribution is 2.71. The lowest BCUT2D eigenvalue weighted by Gasteiger charge is -2.39. The number of hydrogen-bond donors (Lipinski definition) is 1. The van der Waals surface area contributed by atoms with Gasteiger partial charge in [-0.15, -0.1) is 0 Å². The van der Waals surface area contributed by atoms with E-state index in [2.05, 4.69) is 47.2 Å². The molecule has 0 aliphatic heterocycles. The lowest BCUT2D eigenvalue weighted by Crippen LogP contribution is -2.43. The molecule has 2 saturated carbocycles. The van der Waals surface area contributed by atoms with Gasteiger partial charge in [0.15, 0.2) is 0 Å². The molecule has 32 heavy (non-hydrogen) atoms. The van der Waals surface area contributed by atoms with Crippen molar-refractivity contribution < 1.29 is 14.4 Å². The van der Waals surface area contributed by atoms with E-state index in [1.165, 1.54) is 0 Å². The Labute approximate surface area is 197 Å². The van der Waals surface area contributed by atoms with E-state index in [1.807, 2.05) is 32.0 Å². The Hall–Kier alpha value is -2.47. The highest BCUT2D eigenvalue weighted by atomic mass is 79.9. The summed E-state index contributed by atoms with van der Waals surface area (Å²) in [5.41, 5.74) is 2.97. The number of anilines is 1. The molecule has 5 nitrogen and oxygen atoms in total. The lowest BCUT2D eigenvalue weighted by atomic mass is 9.64. The van der Waals surface area contributed by atoms with Crippen LogP contribution in [0.3, 0.4) is 0 Å². The number of nitrogens with one attached hydrogen (secondary N) is 1. The summed E-state index contributed by atoms with van der Waals surface area (Å²) in [6.45, 7) is 10.4. The summed E-state index contributed by atoms with van der Waals surface area (Å²) >= 11 is 3.36. The summed E-state index contributed by atoms with van der Waals surface area (Å²) in [6.07, 6.45) is 2.10. The standard InChI is InChI=1S/C26H29BrN2O3/c1-16-6-7-17(2)20(14-16)28-23(31)26-13-12-25(5,24(26,3)4)21(15-26)29-32-22(30)18-8-10-19(27)11-9-18/h6-11,14H,12-13,15H2,1-5H3,(H,28,31). The summed E-state index contributed by atoms with van der Waals surface area (Å²) < 4.78 is 0.888. The van der Waals surface area contributed by atoms with E-state index in [9.17, 15) is 9.59 Å². The second-order valence-electron chi connectivity index (χ2n) is 9.91. The molecule has 6 heteroatoms. The molecule has 1 N–H and O–H groups in total. The van der Waals surface area contributed by atoms with Gasteiger partial charge >= 0.3 is 5.97 Å². The van der Waals surface area contributed by atoms with Crippen molar-refractivity contribution in [1.29, 1.82) is 0 Å². The Morgan fingerprint density at radius 2 is 1.72 bits per heavy atom. The van der Waals surface area contributed by atoms with Crippen LogP contribution in [0.2, 0.25) is 0 Å². The van der Waals surface area contributed by atoms with Crippen molar-refractivity contribution in [3.63, 3.8) is 0 Å². The second kappa shape index (κ2) is 7.84. The van der Waals surface area contributed by atoms with Gasteiger partial charge < -0.3 is 10.2 Å². The van der Waals surface area contributed by atoms with Crippen molar-refractivity contribution in [2.75, 3.05) is 5.32 Å². The topological polar surface area (TPSA) is 67.8 Å². The van der Waals surface area contributed by atoms with Crippen LogP contribution in [0.25, 0.3) is 0 Å². The van der Waals surface area contributed by atoms with Gasteiger partial charge in [-0.2, -0.15) is 0 Å². The van der Waals surface area contributed by atoms with Crippen molar-refractivity contribution in [2.45, 2.75) is 53.9 Å². The van der Waals surface area contributed by atoms with E-state index < -0.39 is 11.4 Å². The van der Waals surface area contributed by atoms with Gasteiger partial charge in [0.25, 0.3) is 0 Å². The largest absolute Gasteiger partial charge is 0.365 e. The predicted octanol–water partition coefficient (Wildman–Crippen LogP) is 6.43. The molecule has 0 saturated heterocycles. The first kappa shape index (κ1) is 22.7. The number of aryl methyl sites for hydroxylation is 2. The van der Waals surface area contributed by atoms with E-state index in [-0.39, 0.29) is 16.7 Å². The summed E-state index contributed by atoms with van der Waals surface area (Å²) in [5, 5.41) is 7.51. The van der Waals surface area contributed by atoms with Crippen LogP contribution in [0.4, 0.5) is 5.69 Å². The Morgan fingerprint density at radius 1 is 1.03 bits per heavy atom. The number of hydrogen-bond acceptors (Lipinski definition) is 4. The van der Waals surface area contributed by atoms with E-state index >= 15 is 0 Å². The van der Waals surface area contributed by atoms with E-state index in [4.69, 9.17) is 4.84 Å². The first-order valence-corrected chi connectivity index (χ1v) is 11.7. The zero-order valence-electron chi connectivity index (χ0n) is 19.2. The third kappa shape index (κ3) is 3.40. The van der Waals surface area contributed by atoms with Crippen LogP contribution in [0.5, 0.6) is 0 Å². The van der Waals surface area contributed by atoms with Gasteiger partial charge in [0, 0.05) is 22.0 Å². The van der Waals surface area contributed by atoms with Gasteiger partial charge in [0.1, 0.15) is 0 Å². The van der Waals surface area contributed by atoms with Crippen LogP contribution < -0.4 is 5.32 Å². The molecule has 0 radical (unpaired) electrons. The lowest BCUT2D eigenvalue weighted by molar-refractivity contribution is -0.130. The SMILES string of the molecule is Cc1ccc(C)c(NC(=O)C23CCC(C)(C(=NOC(=O)c4ccc(Br)cc4)C2)C3(C)C)c1. The van der Waals surface area contributed by atoms with Crippen LogP contribution in [0, 0.1) is 30.1 Å². The highest BCUT2D eigenvalue weighted by molar-refractivity contribution is 9.10. The van der Waals surface area contributed by atoms with Crippen LogP contribution in [-0.2, 0) is 9.63 Å². The Balaban J connectivity index is 1.60. The van der Waals surface area contributed by atoms with Crippen LogP contribution >= 0.6 is 15.9 Å². The first-order chi connectivity index (χ1) is 15.0. The number of oxime groups is 1. The van der Waals surface area contributed by atoms with Crippen LogP contribution in [-0.4, -0.2) is 17.6 Å². The molecule has 2 fully saturated rings. The maximum absolute atomic E-state index is 13.7. The van der Waals surface area contributed by atoms with Gasteiger partial charge in [0.05, 0.1) is 16.7 Å². The van der Waals surface area contributed by atoms with Gasteiger partial charge in [-0.25, -0.2) is 4.79 Å². The molecule has 4 rings (SSSR count). The van der Waals surface area contributed by atoms with Gasteiger partial charge in [-0.1, -0.05) is 54.0 Å². The normalized spacial score (nSPS) is 26.9. The van der Waals surface area contributed by atoms with Crippen molar-refractivity contribution >= 4 is 39.2 Å². The predicted molar refractivity (Wildman–Crippen MR) is 130 cm³/mol. The van der Waals surface area contributed by atoms with Gasteiger partial charge in [0.2, 0.25) is 5.91 Å². The third-order valence-corrected chi connectivity index (χ3v) is 8.66. The molecule has 2 unspecified atom stereocenters. The van der Waals surface area contributed by atoms with E-state index in [1.54, 1.807) is 24.3 Å². The minimum absolute atomic E-state index is 0.0179. The minimum atomic E-state index is -0.596. The molecule has 0 spiro atoms. The molecular weight excluding hydrogens is 468 g/mol. The van der Waals surface area contributed by atoms with E-state index in [0.29, 0.717) is 12.0 Å². The number of halogens is 1. The fourth-order valence-electron chi connectivity index (χ4n) is 5.37. The molecule has 0 heterocycles. The van der Waals surface area contributed by atoms with Gasteiger partial charge in [-0.3, -0.25) is 4.79 Å². The van der Waals surface area contributed by atoms with Crippen molar-refractivity contribution in [3.05, 3.63) is 63.6 Å². The molecule has 2 atom stereocenters. The number of amides is 1. The molecule has 2 bridgehead atoms. The third-order valence-electron chi connectivity index (χ3n) is 8.13. The number of nitrogens with zero attached hydrogens (tertiary/aromatic N) is 1. The number of benzene rings is 2. The summed E-state index contributed by atoms with van der Waals surface area (Å²) in [7, 11) is 0. The maximum atomic E-state index is 13.7. The smallest absolute Gasteiger partial charge is 0.325 e. The Bertz CT molecular complexity index is 1120. The molecule has 2 aliphatic carbocycles. The zero-order chi connectivity index (χ0) is 23.3. The number of carbonyl (C=O) groups is 2. The van der Waals surface area contributed by atoms with Gasteiger partial charge in [-0.05, 0) is 73.6 Å². The average molecular weight is 497 g/mol. The molecular formula is C26H29BrN2O3. The fraction of sp³-hybridized carbons (Fsp3) is 0.423. The van der Waals surface area contributed by atoms with Crippen LogP contribution in [0.1, 0.15) is 61.5 Å². The van der Waals surface area contributed by atoms with E-state index in [0.717, 1.165) is 39.8 Å². The molecule has 2 aromatic rings. The number of fused-ring (bicyclic) bond motifs is 2. The van der Waals surface area contributed by atoms with Crippen LogP contribution in [0.15, 0.2) is 52.1 Å². The molecule has 168 valence electrons. The number of carbonyl (C=O) groups excluding carboxylic acids is 2. The maximum Gasteiger partial charge on any atom is 0.365 e. The summed E-state index contributed by atoms with van der Waals surface area (Å²) in [5.74, 6) is -0.479.